The molecule has 0 fully saturated rings. The van der Waals surface area contributed by atoms with Crippen LogP contribution in [0, 0.1) is 0 Å². The molecule has 5 heteroatoms. The molecular weight excluding hydrogens is 156 g/mol. The first-order valence-corrected chi connectivity index (χ1v) is 3.05. The van der Waals surface area contributed by atoms with Crippen molar-refractivity contribution in [3.63, 3.8) is 0 Å². The second kappa shape index (κ2) is 8.29. The normalized spacial score (nSPS) is 7.10. The number of carboxylic acid groups (broad SMARTS) is 1. The Balaban J connectivity index is 0. The van der Waals surface area contributed by atoms with Crippen molar-refractivity contribution in [1.29, 1.82) is 0 Å². The molecule has 0 saturated heterocycles. The lowest BCUT2D eigenvalue weighted by atomic mass is 10.8. The number of carbonyl (C=O) groups excluding carboxylic acids is 1. The van der Waals surface area contributed by atoms with E-state index in [4.69, 9.17) is 9.90 Å². The minimum absolute atomic E-state index is 0.163. The van der Waals surface area contributed by atoms with E-state index >= 15 is 0 Å². The molecule has 0 aliphatic rings. The Morgan fingerprint density at radius 2 is 1.90 bits per heavy atom. The molecule has 4 nitrogen and oxygen atoms in total. The van der Waals surface area contributed by atoms with Crippen LogP contribution in [0.4, 0.5) is 0 Å². The molecule has 0 aromatic carbocycles. The topological polar surface area (TPSA) is 63.6 Å². The summed E-state index contributed by atoms with van der Waals surface area (Å²) in [5, 5.41) is 7.42. The highest BCUT2D eigenvalue weighted by molar-refractivity contribution is 7.81. The zero-order valence-electron chi connectivity index (χ0n) is 5.83. The molecule has 0 aliphatic heterocycles. The van der Waals surface area contributed by atoms with E-state index < -0.39 is 5.97 Å². The predicted octanol–water partition coefficient (Wildman–Crippen LogP) is 0.180. The molecule has 0 amide bonds. The third kappa shape index (κ3) is 26.6. The van der Waals surface area contributed by atoms with Crippen LogP contribution in [0.5, 0.6) is 0 Å². The molecule has 1 N–H and O–H groups in total. The first kappa shape index (κ1) is 12.0. The smallest absolute Gasteiger partial charge is 0.315 e. The number of esters is 1. The molecule has 60 valence electrons. The average Bonchev–Trinajstić information content (AvgIpc) is 1.85. The number of carboxylic acids is 1. The van der Waals surface area contributed by atoms with Crippen molar-refractivity contribution in [3.8, 4) is 0 Å². The zero-order chi connectivity index (χ0) is 8.57. The fraction of sp³-hybridized carbons (Fsp3) is 0.600. The molecular formula is C5H10O4S. The Kier molecular flexibility index (Phi) is 9.96. The summed E-state index contributed by atoms with van der Waals surface area (Å²) in [5.41, 5.74) is 0. The molecule has 0 atom stereocenters. The minimum Gasteiger partial charge on any atom is -0.481 e. The summed E-state index contributed by atoms with van der Waals surface area (Å²) in [6.45, 7) is 1.08. The van der Waals surface area contributed by atoms with Gasteiger partial charge in [-0.05, 0) is 0 Å². The van der Waals surface area contributed by atoms with Gasteiger partial charge in [0, 0.05) is 6.92 Å². The van der Waals surface area contributed by atoms with Crippen LogP contribution in [-0.2, 0) is 14.3 Å². The monoisotopic (exact) mass is 166 g/mol. The Morgan fingerprint density at radius 1 is 1.60 bits per heavy atom. The second-order valence-corrected chi connectivity index (χ2v) is 1.57. The lowest BCUT2D eigenvalue weighted by molar-refractivity contribution is -0.137. The van der Waals surface area contributed by atoms with E-state index in [-0.39, 0.29) is 11.7 Å². The summed E-state index contributed by atoms with van der Waals surface area (Å²) in [6, 6.07) is 0. The van der Waals surface area contributed by atoms with Crippen molar-refractivity contribution in [2.24, 2.45) is 0 Å². The van der Waals surface area contributed by atoms with Gasteiger partial charge in [0.2, 0.25) is 0 Å². The van der Waals surface area contributed by atoms with Gasteiger partial charge in [-0.15, -0.1) is 0 Å². The molecule has 0 unspecified atom stereocenters. The number of carbonyl (C=O) groups is 2. The number of ether oxygens (including phenoxy) is 1. The van der Waals surface area contributed by atoms with Crippen LogP contribution >= 0.6 is 12.6 Å². The fourth-order valence-electron chi connectivity index (χ4n) is 0.0645. The van der Waals surface area contributed by atoms with Crippen LogP contribution in [0.25, 0.3) is 0 Å². The van der Waals surface area contributed by atoms with Crippen LogP contribution in [0.2, 0.25) is 0 Å². The number of aliphatic carboxylic acids is 1. The van der Waals surface area contributed by atoms with Gasteiger partial charge < -0.3 is 9.84 Å². The van der Waals surface area contributed by atoms with Gasteiger partial charge in [-0.2, -0.15) is 12.6 Å². The molecule has 0 saturated carbocycles. The van der Waals surface area contributed by atoms with Gasteiger partial charge in [0.1, 0.15) is 0 Å². The highest BCUT2D eigenvalue weighted by Gasteiger charge is 1.88. The lowest BCUT2D eigenvalue weighted by Gasteiger charge is -1.86. The quantitative estimate of drug-likeness (QED) is 0.431. The van der Waals surface area contributed by atoms with Crippen molar-refractivity contribution in [2.45, 2.75) is 6.92 Å². The van der Waals surface area contributed by atoms with E-state index in [2.05, 4.69) is 17.4 Å². The maximum absolute atomic E-state index is 9.88. The highest BCUT2D eigenvalue weighted by Crippen LogP contribution is 1.74. The standard InChI is InChI=1S/C3H6O2S.C2H4O2/c1-5-3(4)2-6;1-2(3)4/h6H,2H2,1H3;1H3,(H,3,4). The Bertz CT molecular complexity index is 102. The van der Waals surface area contributed by atoms with E-state index in [0.717, 1.165) is 6.92 Å². The summed E-state index contributed by atoms with van der Waals surface area (Å²) in [7, 11) is 1.33. The van der Waals surface area contributed by atoms with Gasteiger partial charge in [-0.1, -0.05) is 0 Å². The summed E-state index contributed by atoms with van der Waals surface area (Å²) in [6.07, 6.45) is 0. The van der Waals surface area contributed by atoms with E-state index in [1.54, 1.807) is 0 Å². The SMILES string of the molecule is CC(=O)O.COC(=O)CS. The predicted molar refractivity (Wildman–Crippen MR) is 39.2 cm³/mol. The fourth-order valence-corrected chi connectivity index (χ4v) is 0.194. The van der Waals surface area contributed by atoms with Crippen molar-refractivity contribution in [1.82, 2.24) is 0 Å². The largest absolute Gasteiger partial charge is 0.481 e. The van der Waals surface area contributed by atoms with E-state index in [9.17, 15) is 4.79 Å². The van der Waals surface area contributed by atoms with Crippen molar-refractivity contribution < 1.29 is 19.4 Å². The maximum Gasteiger partial charge on any atom is 0.315 e. The van der Waals surface area contributed by atoms with Gasteiger partial charge >= 0.3 is 5.97 Å². The van der Waals surface area contributed by atoms with Crippen molar-refractivity contribution in [3.05, 3.63) is 0 Å². The van der Waals surface area contributed by atoms with Crippen LogP contribution in [0.3, 0.4) is 0 Å². The van der Waals surface area contributed by atoms with E-state index in [0.29, 0.717) is 0 Å². The first-order valence-electron chi connectivity index (χ1n) is 2.41. The molecule has 0 radical (unpaired) electrons. The Morgan fingerprint density at radius 3 is 1.90 bits per heavy atom. The van der Waals surface area contributed by atoms with Crippen LogP contribution in [-0.4, -0.2) is 29.9 Å². The third-order valence-electron chi connectivity index (χ3n) is 0.357. The van der Waals surface area contributed by atoms with Gasteiger partial charge in [-0.25, -0.2) is 0 Å². The summed E-state index contributed by atoms with van der Waals surface area (Å²) >= 11 is 3.62. The van der Waals surface area contributed by atoms with Crippen molar-refractivity contribution in [2.75, 3.05) is 12.9 Å². The van der Waals surface area contributed by atoms with Gasteiger partial charge in [0.25, 0.3) is 5.97 Å². The van der Waals surface area contributed by atoms with Gasteiger partial charge in [-0.3, -0.25) is 9.59 Å². The molecule has 0 aliphatic carbocycles. The molecule has 0 heterocycles. The van der Waals surface area contributed by atoms with E-state index in [1.807, 2.05) is 0 Å². The maximum atomic E-state index is 9.88. The number of methoxy groups -OCH3 is 1. The van der Waals surface area contributed by atoms with Gasteiger partial charge in [0.15, 0.2) is 0 Å². The van der Waals surface area contributed by atoms with E-state index in [1.165, 1.54) is 7.11 Å². The molecule has 0 spiro atoms. The molecule has 0 bridgehead atoms. The highest BCUT2D eigenvalue weighted by atomic mass is 32.1. The summed E-state index contributed by atoms with van der Waals surface area (Å²) < 4.78 is 4.18. The minimum atomic E-state index is -0.833. The first-order chi connectivity index (χ1) is 4.54. The van der Waals surface area contributed by atoms with Crippen LogP contribution in [0.15, 0.2) is 0 Å². The van der Waals surface area contributed by atoms with Gasteiger partial charge in [0.05, 0.1) is 12.9 Å². The van der Waals surface area contributed by atoms with Crippen LogP contribution < -0.4 is 0 Å². The number of rotatable bonds is 1. The zero-order valence-corrected chi connectivity index (χ0v) is 6.72. The summed E-state index contributed by atoms with van der Waals surface area (Å²) in [5.74, 6) is -0.963. The summed E-state index contributed by atoms with van der Waals surface area (Å²) in [4.78, 5) is 18.9. The van der Waals surface area contributed by atoms with Crippen LogP contribution in [0.1, 0.15) is 6.92 Å². The Hall–Kier alpha value is -0.710. The van der Waals surface area contributed by atoms with Crippen molar-refractivity contribution >= 4 is 24.6 Å². The molecule has 0 aromatic rings. The number of hydrogen-bond donors (Lipinski definition) is 2. The number of thiol groups is 1. The molecule has 0 aromatic heterocycles. The third-order valence-corrected chi connectivity index (χ3v) is 0.615. The Labute approximate surface area is 64.6 Å². The lowest BCUT2D eigenvalue weighted by Crippen LogP contribution is -1.99. The average molecular weight is 166 g/mol. The molecule has 10 heavy (non-hydrogen) atoms. The molecule has 0 rings (SSSR count). The second-order valence-electron chi connectivity index (χ2n) is 1.25. The number of hydrogen-bond acceptors (Lipinski definition) is 4.